The van der Waals surface area contributed by atoms with Gasteiger partial charge in [0.2, 0.25) is 0 Å². The second kappa shape index (κ2) is 5.73. The molecule has 3 saturated carbocycles. The van der Waals surface area contributed by atoms with Gasteiger partial charge >= 0.3 is 6.18 Å². The molecule has 3 rings (SSSR count). The summed E-state index contributed by atoms with van der Waals surface area (Å²) < 4.78 is 39.5. The van der Waals surface area contributed by atoms with Crippen molar-refractivity contribution in [3.63, 3.8) is 0 Å². The fourth-order valence-corrected chi connectivity index (χ4v) is 3.91. The summed E-state index contributed by atoms with van der Waals surface area (Å²) in [4.78, 5) is 2.38. The lowest BCUT2D eigenvalue weighted by atomic mass is 9.74. The molecular formula is C16H27F3N2. The topological polar surface area (TPSA) is 29.3 Å². The van der Waals surface area contributed by atoms with Gasteiger partial charge in [0.25, 0.3) is 0 Å². The molecule has 3 aliphatic rings. The van der Waals surface area contributed by atoms with Crippen molar-refractivity contribution in [2.24, 2.45) is 23.5 Å². The Balaban J connectivity index is 1.74. The minimum Gasteiger partial charge on any atom is -0.329 e. The molecular weight excluding hydrogens is 277 g/mol. The quantitative estimate of drug-likeness (QED) is 0.813. The third-order valence-corrected chi connectivity index (χ3v) is 5.69. The number of rotatable bonds is 6. The van der Waals surface area contributed by atoms with Crippen LogP contribution < -0.4 is 5.73 Å². The van der Waals surface area contributed by atoms with Gasteiger partial charge < -0.3 is 5.73 Å². The van der Waals surface area contributed by atoms with Gasteiger partial charge in [-0.2, -0.15) is 13.2 Å². The first kappa shape index (κ1) is 15.6. The standard InChI is InChI=1S/C16H27F3N2/c17-16(18,19)14-2-1-7-15(8-14,11-20)21(9-12-3-4-12)10-13-5-6-13/h12-14H,1-11,20H2. The van der Waals surface area contributed by atoms with Crippen molar-refractivity contribution >= 4 is 0 Å². The van der Waals surface area contributed by atoms with Gasteiger partial charge in [0, 0.05) is 25.2 Å². The van der Waals surface area contributed by atoms with Crippen LogP contribution in [-0.4, -0.2) is 36.2 Å². The number of hydrogen-bond donors (Lipinski definition) is 1. The molecule has 122 valence electrons. The molecule has 0 aromatic heterocycles. The Morgan fingerprint density at radius 2 is 1.57 bits per heavy atom. The van der Waals surface area contributed by atoms with Crippen molar-refractivity contribution in [3.8, 4) is 0 Å². The SMILES string of the molecule is NCC1(N(CC2CC2)CC2CC2)CCCC(C(F)(F)F)C1. The van der Waals surface area contributed by atoms with Crippen LogP contribution in [0.3, 0.4) is 0 Å². The van der Waals surface area contributed by atoms with E-state index in [-0.39, 0.29) is 12.8 Å². The summed E-state index contributed by atoms with van der Waals surface area (Å²) >= 11 is 0. The highest BCUT2D eigenvalue weighted by Gasteiger charge is 2.50. The maximum absolute atomic E-state index is 13.2. The van der Waals surface area contributed by atoms with Crippen LogP contribution in [0.2, 0.25) is 0 Å². The zero-order valence-corrected chi connectivity index (χ0v) is 12.7. The summed E-state index contributed by atoms with van der Waals surface area (Å²) in [6.45, 7) is 2.32. The van der Waals surface area contributed by atoms with Crippen LogP contribution in [-0.2, 0) is 0 Å². The van der Waals surface area contributed by atoms with Gasteiger partial charge in [-0.1, -0.05) is 6.42 Å². The third-order valence-electron chi connectivity index (χ3n) is 5.69. The molecule has 2 atom stereocenters. The monoisotopic (exact) mass is 304 g/mol. The van der Waals surface area contributed by atoms with Gasteiger partial charge in [-0.15, -0.1) is 0 Å². The van der Waals surface area contributed by atoms with Crippen LogP contribution in [0, 0.1) is 17.8 Å². The molecule has 0 aromatic rings. The average molecular weight is 304 g/mol. The number of alkyl halides is 3. The zero-order valence-electron chi connectivity index (χ0n) is 12.7. The first-order valence-electron chi connectivity index (χ1n) is 8.45. The highest BCUT2D eigenvalue weighted by atomic mass is 19.4. The number of nitrogens with zero attached hydrogens (tertiary/aromatic N) is 1. The van der Waals surface area contributed by atoms with Crippen molar-refractivity contribution in [2.75, 3.05) is 19.6 Å². The largest absolute Gasteiger partial charge is 0.391 e. The van der Waals surface area contributed by atoms with Gasteiger partial charge in [0.1, 0.15) is 0 Å². The molecule has 3 aliphatic carbocycles. The van der Waals surface area contributed by atoms with Crippen LogP contribution in [0.5, 0.6) is 0 Å². The van der Waals surface area contributed by atoms with E-state index in [1.807, 2.05) is 0 Å². The maximum Gasteiger partial charge on any atom is 0.391 e. The van der Waals surface area contributed by atoms with Crippen molar-refractivity contribution in [1.82, 2.24) is 4.90 Å². The second-order valence-electron chi connectivity index (χ2n) is 7.56. The van der Waals surface area contributed by atoms with E-state index in [0.717, 1.165) is 19.5 Å². The first-order valence-corrected chi connectivity index (χ1v) is 8.45. The molecule has 0 heterocycles. The summed E-state index contributed by atoms with van der Waals surface area (Å²) in [7, 11) is 0. The van der Waals surface area contributed by atoms with Crippen molar-refractivity contribution in [3.05, 3.63) is 0 Å². The lowest BCUT2D eigenvalue weighted by Gasteiger charge is -2.49. The van der Waals surface area contributed by atoms with E-state index in [1.54, 1.807) is 0 Å². The molecule has 0 saturated heterocycles. The van der Waals surface area contributed by atoms with Crippen molar-refractivity contribution in [2.45, 2.75) is 63.1 Å². The maximum atomic E-state index is 13.2. The highest BCUT2D eigenvalue weighted by Crippen LogP contribution is 2.46. The molecule has 5 heteroatoms. The van der Waals surface area contributed by atoms with E-state index < -0.39 is 17.6 Å². The van der Waals surface area contributed by atoms with E-state index in [4.69, 9.17) is 5.73 Å². The van der Waals surface area contributed by atoms with E-state index in [0.29, 0.717) is 24.8 Å². The van der Waals surface area contributed by atoms with Gasteiger partial charge in [-0.25, -0.2) is 0 Å². The summed E-state index contributed by atoms with van der Waals surface area (Å²) in [6.07, 6.45) is 2.90. The fraction of sp³-hybridized carbons (Fsp3) is 1.00. The van der Waals surface area contributed by atoms with E-state index in [1.165, 1.54) is 25.7 Å². The Morgan fingerprint density at radius 3 is 2.00 bits per heavy atom. The molecule has 0 radical (unpaired) electrons. The van der Waals surface area contributed by atoms with Crippen LogP contribution in [0.15, 0.2) is 0 Å². The smallest absolute Gasteiger partial charge is 0.329 e. The van der Waals surface area contributed by atoms with Crippen molar-refractivity contribution in [1.29, 1.82) is 0 Å². The number of nitrogens with two attached hydrogens (primary N) is 1. The summed E-state index contributed by atoms with van der Waals surface area (Å²) in [5.41, 5.74) is 5.63. The molecule has 0 amide bonds. The van der Waals surface area contributed by atoms with E-state index in [9.17, 15) is 13.2 Å². The predicted molar refractivity (Wildman–Crippen MR) is 76.8 cm³/mol. The highest BCUT2D eigenvalue weighted by molar-refractivity contribution is 5.00. The molecule has 0 spiro atoms. The Kier molecular flexibility index (Phi) is 4.25. The molecule has 2 nitrogen and oxygen atoms in total. The van der Waals surface area contributed by atoms with E-state index in [2.05, 4.69) is 4.90 Å². The summed E-state index contributed by atoms with van der Waals surface area (Å²) in [6, 6.07) is 0. The predicted octanol–water partition coefficient (Wildman–Crippen LogP) is 3.56. The second-order valence-corrected chi connectivity index (χ2v) is 7.56. The van der Waals surface area contributed by atoms with Crippen LogP contribution in [0.1, 0.15) is 51.4 Å². The molecule has 0 bridgehead atoms. The number of hydrogen-bond acceptors (Lipinski definition) is 2. The Hall–Kier alpha value is -0.290. The third kappa shape index (κ3) is 3.73. The van der Waals surface area contributed by atoms with Crippen molar-refractivity contribution < 1.29 is 13.2 Å². The van der Waals surface area contributed by atoms with Crippen LogP contribution >= 0.6 is 0 Å². The van der Waals surface area contributed by atoms with Crippen LogP contribution in [0.4, 0.5) is 13.2 Å². The summed E-state index contributed by atoms with van der Waals surface area (Å²) in [5.74, 6) is 0.257. The molecule has 21 heavy (non-hydrogen) atoms. The van der Waals surface area contributed by atoms with Crippen LogP contribution in [0.25, 0.3) is 0 Å². The fourth-order valence-electron chi connectivity index (χ4n) is 3.91. The zero-order chi connectivity index (χ0) is 15.1. The van der Waals surface area contributed by atoms with Gasteiger partial charge in [0.15, 0.2) is 0 Å². The lowest BCUT2D eigenvalue weighted by molar-refractivity contribution is -0.194. The Bertz CT molecular complexity index is 349. The molecule has 2 unspecified atom stereocenters. The molecule has 2 N–H and O–H groups in total. The summed E-state index contributed by atoms with van der Waals surface area (Å²) in [5, 5.41) is 0. The first-order chi connectivity index (χ1) is 9.93. The van der Waals surface area contributed by atoms with E-state index >= 15 is 0 Å². The normalized spacial score (nSPS) is 34.4. The minimum atomic E-state index is -4.06. The molecule has 0 aliphatic heterocycles. The lowest BCUT2D eigenvalue weighted by Crippen LogP contribution is -2.58. The Morgan fingerprint density at radius 1 is 1.00 bits per heavy atom. The van der Waals surface area contributed by atoms with Gasteiger partial charge in [0.05, 0.1) is 5.92 Å². The van der Waals surface area contributed by atoms with Gasteiger partial charge in [-0.3, -0.25) is 4.90 Å². The molecule has 3 fully saturated rings. The number of halogens is 3. The Labute approximate surface area is 125 Å². The van der Waals surface area contributed by atoms with Gasteiger partial charge in [-0.05, 0) is 56.8 Å². The average Bonchev–Trinajstić information content (AvgIpc) is 3.32. The minimum absolute atomic E-state index is 0.215. The molecule has 0 aromatic carbocycles.